The first kappa shape index (κ1) is 19.6. The van der Waals surface area contributed by atoms with E-state index in [1.54, 1.807) is 47.1 Å². The summed E-state index contributed by atoms with van der Waals surface area (Å²) in [6.45, 7) is 0.695. The van der Waals surface area contributed by atoms with Gasteiger partial charge in [0.05, 0.1) is 22.5 Å². The molecule has 0 aliphatic rings. The summed E-state index contributed by atoms with van der Waals surface area (Å²) in [5, 5.41) is 7.45. The number of carbonyl (C=O) groups is 2. The molecule has 0 bridgehead atoms. The number of para-hydroxylation sites is 1. The van der Waals surface area contributed by atoms with Gasteiger partial charge in [0.15, 0.2) is 0 Å². The molecule has 2 aromatic carbocycles. The number of carbonyl (C=O) groups excluding carboxylic acids is 2. The molecule has 0 radical (unpaired) electrons. The van der Waals surface area contributed by atoms with Crippen LogP contribution in [0.15, 0.2) is 67.0 Å². The fourth-order valence-corrected chi connectivity index (χ4v) is 2.96. The molecule has 0 fully saturated rings. The quantitative estimate of drug-likeness (QED) is 0.666. The second kappa shape index (κ2) is 9.19. The lowest BCUT2D eigenvalue weighted by atomic mass is 10.2. The van der Waals surface area contributed by atoms with Crippen LogP contribution in [0.1, 0.15) is 22.3 Å². The molecule has 1 aromatic heterocycles. The van der Waals surface area contributed by atoms with Gasteiger partial charge < -0.3 is 10.2 Å². The second-order valence-electron chi connectivity index (χ2n) is 6.36. The molecule has 144 valence electrons. The highest BCUT2D eigenvalue weighted by molar-refractivity contribution is 6.33. The number of benzene rings is 2. The number of halogens is 1. The number of hydrogen-bond donors (Lipinski definition) is 1. The Balaban J connectivity index is 1.48. The third-order valence-electron chi connectivity index (χ3n) is 4.25. The summed E-state index contributed by atoms with van der Waals surface area (Å²) in [5.74, 6) is -0.350. The van der Waals surface area contributed by atoms with E-state index in [0.717, 1.165) is 11.3 Å². The van der Waals surface area contributed by atoms with Gasteiger partial charge in [0.25, 0.3) is 5.91 Å². The Hall–Kier alpha value is -3.12. The zero-order valence-corrected chi connectivity index (χ0v) is 16.3. The fraction of sp³-hybridized carbons (Fsp3) is 0.190. The molecule has 3 rings (SSSR count). The van der Waals surface area contributed by atoms with Crippen molar-refractivity contribution in [1.82, 2.24) is 20.0 Å². The van der Waals surface area contributed by atoms with Gasteiger partial charge in [-0.1, -0.05) is 41.9 Å². The molecule has 0 aliphatic carbocycles. The van der Waals surface area contributed by atoms with Gasteiger partial charge in [-0.05, 0) is 24.3 Å². The Kier molecular flexibility index (Phi) is 6.45. The topological polar surface area (TPSA) is 67.2 Å². The minimum atomic E-state index is -0.287. The number of hydrogen-bond acceptors (Lipinski definition) is 3. The third kappa shape index (κ3) is 4.98. The average Bonchev–Trinajstić information content (AvgIpc) is 3.17. The Morgan fingerprint density at radius 3 is 2.57 bits per heavy atom. The van der Waals surface area contributed by atoms with Crippen LogP contribution in [-0.4, -0.2) is 40.1 Å². The van der Waals surface area contributed by atoms with Crippen LogP contribution < -0.4 is 5.32 Å². The number of rotatable bonds is 7. The Labute approximate surface area is 168 Å². The van der Waals surface area contributed by atoms with E-state index in [1.165, 1.54) is 0 Å². The first-order chi connectivity index (χ1) is 13.5. The van der Waals surface area contributed by atoms with E-state index >= 15 is 0 Å². The van der Waals surface area contributed by atoms with Crippen molar-refractivity contribution in [2.45, 2.75) is 13.0 Å². The van der Waals surface area contributed by atoms with Gasteiger partial charge in [-0.15, -0.1) is 0 Å². The summed E-state index contributed by atoms with van der Waals surface area (Å²) >= 11 is 6.00. The Bertz CT molecular complexity index is 956. The molecular formula is C21H21ClN4O2. The molecule has 2 amide bonds. The highest BCUT2D eigenvalue weighted by Gasteiger charge is 2.13. The molecule has 6 nitrogen and oxygen atoms in total. The van der Waals surface area contributed by atoms with E-state index in [1.807, 2.05) is 36.5 Å². The molecule has 28 heavy (non-hydrogen) atoms. The summed E-state index contributed by atoms with van der Waals surface area (Å²) in [4.78, 5) is 26.1. The first-order valence-electron chi connectivity index (χ1n) is 8.90. The van der Waals surface area contributed by atoms with Crippen molar-refractivity contribution in [3.8, 4) is 5.69 Å². The van der Waals surface area contributed by atoms with Gasteiger partial charge in [0.2, 0.25) is 5.91 Å². The molecule has 7 heteroatoms. The molecule has 1 N–H and O–H groups in total. The van der Waals surface area contributed by atoms with E-state index in [2.05, 4.69) is 10.4 Å². The number of aromatic nitrogens is 2. The molecule has 0 saturated carbocycles. The zero-order valence-electron chi connectivity index (χ0n) is 15.5. The highest BCUT2D eigenvalue weighted by Crippen LogP contribution is 2.14. The minimum absolute atomic E-state index is 0.0630. The number of nitrogens with one attached hydrogen (secondary N) is 1. The van der Waals surface area contributed by atoms with Gasteiger partial charge in [0, 0.05) is 38.3 Å². The fourth-order valence-electron chi connectivity index (χ4n) is 2.74. The zero-order chi connectivity index (χ0) is 19.9. The van der Waals surface area contributed by atoms with Crippen molar-refractivity contribution in [3.63, 3.8) is 0 Å². The largest absolute Gasteiger partial charge is 0.351 e. The van der Waals surface area contributed by atoms with Crippen LogP contribution >= 0.6 is 11.6 Å². The van der Waals surface area contributed by atoms with Gasteiger partial charge in [0.1, 0.15) is 0 Å². The van der Waals surface area contributed by atoms with Gasteiger partial charge >= 0.3 is 0 Å². The van der Waals surface area contributed by atoms with Crippen molar-refractivity contribution < 1.29 is 9.59 Å². The van der Waals surface area contributed by atoms with Crippen LogP contribution in [0.2, 0.25) is 5.02 Å². The molecule has 1 heterocycles. The molecule has 3 aromatic rings. The van der Waals surface area contributed by atoms with Crippen LogP contribution in [0.25, 0.3) is 5.69 Å². The predicted octanol–water partition coefficient (Wildman–Crippen LogP) is 3.30. The summed E-state index contributed by atoms with van der Waals surface area (Å²) in [6.07, 6.45) is 3.85. The summed E-state index contributed by atoms with van der Waals surface area (Å²) in [6, 6.07) is 16.6. The van der Waals surface area contributed by atoms with Crippen molar-refractivity contribution in [1.29, 1.82) is 0 Å². The van der Waals surface area contributed by atoms with Gasteiger partial charge in [-0.3, -0.25) is 9.59 Å². The Morgan fingerprint density at radius 2 is 1.82 bits per heavy atom. The molecule has 0 unspecified atom stereocenters. The van der Waals surface area contributed by atoms with E-state index in [-0.39, 0.29) is 24.8 Å². The highest BCUT2D eigenvalue weighted by atomic mass is 35.5. The lowest BCUT2D eigenvalue weighted by Crippen LogP contribution is -2.31. The van der Waals surface area contributed by atoms with Gasteiger partial charge in [-0.2, -0.15) is 5.10 Å². The molecule has 0 saturated heterocycles. The lowest BCUT2D eigenvalue weighted by molar-refractivity contribution is -0.130. The standard InChI is InChI=1S/C21H21ClN4O2/c1-25(14-16-13-24-26(15-16)17-7-3-2-4-8-17)20(27)11-12-23-21(28)18-9-5-6-10-19(18)22/h2-10,13,15H,11-12,14H2,1H3,(H,23,28). The third-order valence-corrected chi connectivity index (χ3v) is 4.57. The maximum absolute atomic E-state index is 12.3. The monoisotopic (exact) mass is 396 g/mol. The maximum atomic E-state index is 12.3. The van der Waals surface area contributed by atoms with E-state index in [4.69, 9.17) is 11.6 Å². The normalized spacial score (nSPS) is 10.5. The van der Waals surface area contributed by atoms with Crippen molar-refractivity contribution in [2.75, 3.05) is 13.6 Å². The lowest BCUT2D eigenvalue weighted by Gasteiger charge is -2.16. The Morgan fingerprint density at radius 1 is 1.11 bits per heavy atom. The number of amides is 2. The van der Waals surface area contributed by atoms with E-state index in [0.29, 0.717) is 17.1 Å². The molecule has 0 spiro atoms. The minimum Gasteiger partial charge on any atom is -0.351 e. The molecular weight excluding hydrogens is 376 g/mol. The average molecular weight is 397 g/mol. The van der Waals surface area contributed by atoms with Crippen LogP contribution in [0.3, 0.4) is 0 Å². The number of nitrogens with zero attached hydrogens (tertiary/aromatic N) is 3. The molecule has 0 atom stereocenters. The first-order valence-corrected chi connectivity index (χ1v) is 9.28. The van der Waals surface area contributed by atoms with Crippen LogP contribution in [-0.2, 0) is 11.3 Å². The molecule has 0 aliphatic heterocycles. The van der Waals surface area contributed by atoms with Crippen molar-refractivity contribution in [2.24, 2.45) is 0 Å². The summed E-state index contributed by atoms with van der Waals surface area (Å²) in [7, 11) is 1.73. The van der Waals surface area contributed by atoms with E-state index in [9.17, 15) is 9.59 Å². The van der Waals surface area contributed by atoms with Crippen molar-refractivity contribution >= 4 is 23.4 Å². The summed E-state index contributed by atoms with van der Waals surface area (Å²) < 4.78 is 1.78. The maximum Gasteiger partial charge on any atom is 0.252 e. The second-order valence-corrected chi connectivity index (χ2v) is 6.77. The van der Waals surface area contributed by atoms with Crippen LogP contribution in [0, 0.1) is 0 Å². The smallest absolute Gasteiger partial charge is 0.252 e. The summed E-state index contributed by atoms with van der Waals surface area (Å²) in [5.41, 5.74) is 2.29. The van der Waals surface area contributed by atoms with Crippen LogP contribution in [0.4, 0.5) is 0 Å². The predicted molar refractivity (Wildman–Crippen MR) is 108 cm³/mol. The van der Waals surface area contributed by atoms with E-state index < -0.39 is 0 Å². The van der Waals surface area contributed by atoms with Gasteiger partial charge in [-0.25, -0.2) is 4.68 Å². The SMILES string of the molecule is CN(Cc1cnn(-c2ccccc2)c1)C(=O)CCNC(=O)c1ccccc1Cl. The van der Waals surface area contributed by atoms with Crippen LogP contribution in [0.5, 0.6) is 0 Å². The van der Waals surface area contributed by atoms with Crippen molar-refractivity contribution in [3.05, 3.63) is 83.1 Å².